The van der Waals surface area contributed by atoms with Gasteiger partial charge >= 0.3 is 12.1 Å². The summed E-state index contributed by atoms with van der Waals surface area (Å²) in [6.07, 6.45) is -0.289. The Bertz CT molecular complexity index is 757. The maximum atomic E-state index is 12.7. The van der Waals surface area contributed by atoms with Gasteiger partial charge in [0.2, 0.25) is 12.7 Å². The number of fused-ring (bicyclic) bond motifs is 1. The summed E-state index contributed by atoms with van der Waals surface area (Å²) >= 11 is 0. The number of rotatable bonds is 5. The van der Waals surface area contributed by atoms with Crippen LogP contribution in [0.3, 0.4) is 0 Å². The molecule has 0 aromatic rings. The highest BCUT2D eigenvalue weighted by Gasteiger charge is 2.72. The van der Waals surface area contributed by atoms with Crippen molar-refractivity contribution >= 4 is 27.9 Å². The zero-order valence-electron chi connectivity index (χ0n) is 15.5. The van der Waals surface area contributed by atoms with E-state index in [1.165, 1.54) is 13.8 Å². The highest BCUT2D eigenvalue weighted by molar-refractivity contribution is 7.93. The van der Waals surface area contributed by atoms with E-state index < -0.39 is 63.3 Å². The number of sulfone groups is 1. The number of β-lactam (4-membered cyclic amide) rings is 1. The monoisotopic (exact) mass is 421 g/mol. The molecule has 3 aliphatic heterocycles. The van der Waals surface area contributed by atoms with E-state index in [4.69, 9.17) is 18.9 Å². The van der Waals surface area contributed by atoms with Gasteiger partial charge in [-0.05, 0) is 13.8 Å². The third-order valence-corrected chi connectivity index (χ3v) is 8.29. The van der Waals surface area contributed by atoms with Crippen molar-refractivity contribution in [1.82, 2.24) is 4.90 Å². The first-order chi connectivity index (χ1) is 13.1. The van der Waals surface area contributed by atoms with Crippen LogP contribution in [0.4, 0.5) is 4.79 Å². The molecule has 3 heterocycles. The van der Waals surface area contributed by atoms with Gasteiger partial charge in [0.05, 0.1) is 30.5 Å². The molecule has 1 N–H and O–H groups in total. The Morgan fingerprint density at radius 2 is 1.89 bits per heavy atom. The first kappa shape index (κ1) is 20.8. The smallest absolute Gasteiger partial charge is 0.431 e. The lowest BCUT2D eigenvalue weighted by Crippen LogP contribution is -2.64. The molecule has 0 aromatic heterocycles. The lowest BCUT2D eigenvalue weighted by atomic mass is 9.92. The molecule has 0 aliphatic carbocycles. The minimum absolute atomic E-state index is 0.342. The molecule has 3 saturated heterocycles. The second-order valence-electron chi connectivity index (χ2n) is 7.38. The molecule has 158 valence electrons. The predicted octanol–water partition coefficient (Wildman–Crippen LogP) is -0.828. The fourth-order valence-electron chi connectivity index (χ4n) is 3.74. The Morgan fingerprint density at radius 1 is 1.25 bits per heavy atom. The van der Waals surface area contributed by atoms with Crippen LogP contribution < -0.4 is 0 Å². The number of carbonyl (C=O) groups excluding carboxylic acids is 3. The Labute approximate surface area is 161 Å². The van der Waals surface area contributed by atoms with Gasteiger partial charge in [-0.25, -0.2) is 18.0 Å². The van der Waals surface area contributed by atoms with Gasteiger partial charge in [-0.3, -0.25) is 4.79 Å². The zero-order chi connectivity index (χ0) is 20.7. The molecule has 0 radical (unpaired) electrons. The van der Waals surface area contributed by atoms with Gasteiger partial charge < -0.3 is 29.0 Å². The number of esters is 1. The first-order valence-corrected chi connectivity index (χ1v) is 10.4. The van der Waals surface area contributed by atoms with E-state index in [1.54, 1.807) is 0 Å². The minimum atomic E-state index is -3.91. The fourth-order valence-corrected chi connectivity index (χ4v) is 6.04. The molecule has 3 atom stereocenters. The number of aliphatic hydroxyl groups is 1. The van der Waals surface area contributed by atoms with Gasteiger partial charge in [-0.2, -0.15) is 0 Å². The number of carbonyl (C=O) groups is 3. The molecule has 28 heavy (non-hydrogen) atoms. The van der Waals surface area contributed by atoms with Gasteiger partial charge in [0.1, 0.15) is 17.5 Å². The normalized spacial score (nSPS) is 30.9. The van der Waals surface area contributed by atoms with Crippen LogP contribution >= 0.6 is 0 Å². The lowest BCUT2D eigenvalue weighted by Gasteiger charge is -2.42. The Balaban J connectivity index is 1.58. The molecule has 3 fully saturated rings. The molecule has 0 aromatic carbocycles. The topological polar surface area (TPSA) is 146 Å². The average molecular weight is 421 g/mol. The van der Waals surface area contributed by atoms with Crippen molar-refractivity contribution in [3.63, 3.8) is 0 Å². The predicted molar refractivity (Wildman–Crippen MR) is 90.4 cm³/mol. The number of ether oxygens (including phenoxy) is 4. The molecule has 3 rings (SSSR count). The van der Waals surface area contributed by atoms with E-state index >= 15 is 0 Å². The van der Waals surface area contributed by atoms with E-state index in [0.717, 1.165) is 4.90 Å². The third kappa shape index (κ3) is 3.22. The van der Waals surface area contributed by atoms with Gasteiger partial charge in [0.25, 0.3) is 0 Å². The second-order valence-corrected chi connectivity index (χ2v) is 10.0. The van der Waals surface area contributed by atoms with Crippen LogP contribution in [0.15, 0.2) is 0 Å². The summed E-state index contributed by atoms with van der Waals surface area (Å²) in [5.41, 5.74) is 0. The Hall–Kier alpha value is -1.92. The first-order valence-electron chi connectivity index (χ1n) is 8.87. The van der Waals surface area contributed by atoms with Crippen molar-refractivity contribution in [1.29, 1.82) is 0 Å². The summed E-state index contributed by atoms with van der Waals surface area (Å²) in [6.45, 7) is 2.17. The van der Waals surface area contributed by atoms with Gasteiger partial charge in [-0.1, -0.05) is 0 Å². The summed E-state index contributed by atoms with van der Waals surface area (Å²) in [4.78, 5) is 37.2. The highest BCUT2D eigenvalue weighted by Crippen LogP contribution is 2.48. The van der Waals surface area contributed by atoms with E-state index in [1.807, 2.05) is 0 Å². The van der Waals surface area contributed by atoms with Crippen molar-refractivity contribution in [3.05, 3.63) is 0 Å². The Morgan fingerprint density at radius 3 is 2.50 bits per heavy atom. The van der Waals surface area contributed by atoms with E-state index in [-0.39, 0.29) is 6.10 Å². The van der Waals surface area contributed by atoms with Crippen molar-refractivity contribution in [2.75, 3.05) is 26.6 Å². The van der Waals surface area contributed by atoms with Gasteiger partial charge in [0.15, 0.2) is 9.84 Å². The summed E-state index contributed by atoms with van der Waals surface area (Å²) in [7, 11) is -3.91. The average Bonchev–Trinajstić information content (AvgIpc) is 2.77. The second kappa shape index (κ2) is 7.48. The minimum Gasteiger partial charge on any atom is -0.431 e. The number of amides is 1. The summed E-state index contributed by atoms with van der Waals surface area (Å²) < 4.78 is 43.5. The van der Waals surface area contributed by atoms with Gasteiger partial charge in [-0.15, -0.1) is 0 Å². The number of hydrogen-bond donors (Lipinski definition) is 1. The van der Waals surface area contributed by atoms with E-state index in [0.29, 0.717) is 26.1 Å². The zero-order valence-corrected chi connectivity index (χ0v) is 16.3. The number of aliphatic hydroxyl groups excluding tert-OH is 1. The number of hydrogen-bond acceptors (Lipinski definition) is 10. The molecule has 0 bridgehead atoms. The molecule has 12 heteroatoms. The van der Waals surface area contributed by atoms with Crippen LogP contribution in [0.5, 0.6) is 0 Å². The fraction of sp³-hybridized carbons (Fsp3) is 0.812. The highest BCUT2D eigenvalue weighted by atomic mass is 32.2. The molecule has 0 spiro atoms. The SMILES string of the molecule is CC1(C)[C@H](C(=O)OCOC(=O)OC2CCOCC2)N2C(=O)[C@@H](CO)C2S1(=O)=O. The van der Waals surface area contributed by atoms with Crippen molar-refractivity contribution in [2.45, 2.75) is 49.0 Å². The lowest BCUT2D eigenvalue weighted by molar-refractivity contribution is -0.173. The summed E-state index contributed by atoms with van der Waals surface area (Å²) in [5.74, 6) is -2.74. The quantitative estimate of drug-likeness (QED) is 0.339. The van der Waals surface area contributed by atoms with E-state index in [9.17, 15) is 27.9 Å². The maximum absolute atomic E-state index is 12.7. The van der Waals surface area contributed by atoms with Crippen LogP contribution in [-0.2, 0) is 38.4 Å². The molecule has 1 amide bonds. The molecule has 3 aliphatic rings. The molecular formula is C16H23NO10S. The molecule has 1 unspecified atom stereocenters. The third-order valence-electron chi connectivity index (χ3n) is 5.41. The molecule has 0 saturated carbocycles. The standard InChI is InChI=1S/C16H23NO10S/c1-16(2)11(17-12(19)10(7-18)13(17)28(16,22)23)14(20)25-8-26-15(21)27-9-3-5-24-6-4-9/h9-11,13,18H,3-8H2,1-2H3/t10-,11+,13?/m1/s1. The maximum Gasteiger partial charge on any atom is 0.511 e. The van der Waals surface area contributed by atoms with Crippen molar-refractivity contribution in [3.8, 4) is 0 Å². The summed E-state index contributed by atoms with van der Waals surface area (Å²) in [5, 5.41) is 7.99. The van der Waals surface area contributed by atoms with Crippen molar-refractivity contribution < 1.29 is 46.9 Å². The van der Waals surface area contributed by atoms with Crippen LogP contribution in [-0.4, -0.2) is 85.3 Å². The van der Waals surface area contributed by atoms with Crippen LogP contribution in [0, 0.1) is 5.92 Å². The van der Waals surface area contributed by atoms with Crippen molar-refractivity contribution in [2.24, 2.45) is 5.92 Å². The molecular weight excluding hydrogens is 398 g/mol. The molecule has 11 nitrogen and oxygen atoms in total. The van der Waals surface area contributed by atoms with Crippen LogP contribution in [0.1, 0.15) is 26.7 Å². The van der Waals surface area contributed by atoms with Gasteiger partial charge in [0, 0.05) is 12.8 Å². The Kier molecular flexibility index (Phi) is 5.56. The largest absolute Gasteiger partial charge is 0.511 e. The number of nitrogens with zero attached hydrogens (tertiary/aromatic N) is 1. The van der Waals surface area contributed by atoms with Crippen LogP contribution in [0.2, 0.25) is 0 Å². The summed E-state index contributed by atoms with van der Waals surface area (Å²) in [6, 6.07) is -1.40. The van der Waals surface area contributed by atoms with Crippen LogP contribution in [0.25, 0.3) is 0 Å². The van der Waals surface area contributed by atoms with E-state index in [2.05, 4.69) is 0 Å².